The maximum Gasteiger partial charge on any atom is -0.0287 e. The number of hydrogen-bond acceptors (Lipinski definition) is 0. The Morgan fingerprint density at radius 3 is 0.821 bits per heavy atom. The minimum Gasteiger partial charge on any atom is -0.0654 e. The van der Waals surface area contributed by atoms with E-state index >= 15 is 0 Å². The van der Waals surface area contributed by atoms with Crippen molar-refractivity contribution in [2.75, 3.05) is 0 Å². The van der Waals surface area contributed by atoms with Crippen molar-refractivity contribution in [1.82, 2.24) is 0 Å². The maximum absolute atomic E-state index is 2.35. The monoisotopic (exact) mass is 392 g/mol. The lowest BCUT2D eigenvalue weighted by molar-refractivity contribution is -0.0709. The molecule has 0 nitrogen and oxygen atoms in total. The highest BCUT2D eigenvalue weighted by Gasteiger charge is 2.51. The van der Waals surface area contributed by atoms with Crippen LogP contribution in [-0.4, -0.2) is 0 Å². The third kappa shape index (κ3) is 10.2. The van der Waals surface area contributed by atoms with Crippen molar-refractivity contribution in [3.05, 3.63) is 0 Å². The standard InChI is InChI=1S/C28H56/c1-5-9-13-17-21-27(22-18-14-10-6-2)25-28(26-27,23-19-15-11-7-3)24-20-16-12-8-4/h5-26H2,1-4H3. The van der Waals surface area contributed by atoms with Crippen LogP contribution in [0.15, 0.2) is 0 Å². The third-order valence-electron chi connectivity index (χ3n) is 7.74. The van der Waals surface area contributed by atoms with Gasteiger partial charge in [0.1, 0.15) is 0 Å². The van der Waals surface area contributed by atoms with Gasteiger partial charge in [-0.15, -0.1) is 0 Å². The fraction of sp³-hybridized carbons (Fsp3) is 1.00. The molecule has 1 aliphatic rings. The van der Waals surface area contributed by atoms with Gasteiger partial charge >= 0.3 is 0 Å². The first kappa shape index (κ1) is 26.0. The molecule has 0 N–H and O–H groups in total. The Morgan fingerprint density at radius 1 is 0.357 bits per heavy atom. The zero-order valence-electron chi connectivity index (χ0n) is 20.6. The summed E-state index contributed by atoms with van der Waals surface area (Å²) in [5.41, 5.74) is 1.49. The summed E-state index contributed by atoms with van der Waals surface area (Å²) < 4.78 is 0. The molecule has 0 atom stereocenters. The molecule has 0 heteroatoms. The summed E-state index contributed by atoms with van der Waals surface area (Å²) in [5.74, 6) is 0. The highest BCUT2D eigenvalue weighted by Crippen LogP contribution is 2.63. The lowest BCUT2D eigenvalue weighted by Crippen LogP contribution is -2.46. The Labute approximate surface area is 180 Å². The Hall–Kier alpha value is 0. The van der Waals surface area contributed by atoms with E-state index in [2.05, 4.69) is 27.7 Å². The lowest BCUT2D eigenvalue weighted by atomic mass is 9.47. The van der Waals surface area contributed by atoms with Crippen molar-refractivity contribution in [3.8, 4) is 0 Å². The molecule has 0 saturated heterocycles. The van der Waals surface area contributed by atoms with E-state index in [1.807, 2.05) is 0 Å². The number of hydrogen-bond donors (Lipinski definition) is 0. The predicted octanol–water partition coefficient (Wildman–Crippen LogP) is 10.6. The summed E-state index contributed by atoms with van der Waals surface area (Å²) in [4.78, 5) is 0. The highest BCUT2D eigenvalue weighted by atomic mass is 14.6. The zero-order valence-corrected chi connectivity index (χ0v) is 20.6. The van der Waals surface area contributed by atoms with E-state index in [1.54, 1.807) is 38.5 Å². The molecule has 1 rings (SSSR count). The smallest absolute Gasteiger partial charge is 0.0287 e. The normalized spacial score (nSPS) is 17.6. The van der Waals surface area contributed by atoms with Crippen molar-refractivity contribution in [2.24, 2.45) is 10.8 Å². The Bertz CT molecular complexity index is 276. The van der Waals surface area contributed by atoms with Crippen LogP contribution in [-0.2, 0) is 0 Å². The molecule has 28 heavy (non-hydrogen) atoms. The molecule has 0 aromatic carbocycles. The average molecular weight is 393 g/mol. The first-order valence-electron chi connectivity index (χ1n) is 13.7. The first-order valence-corrected chi connectivity index (χ1v) is 13.7. The fourth-order valence-electron chi connectivity index (χ4n) is 6.20. The van der Waals surface area contributed by atoms with Gasteiger partial charge in [-0.25, -0.2) is 0 Å². The van der Waals surface area contributed by atoms with Crippen LogP contribution < -0.4 is 0 Å². The molecule has 1 fully saturated rings. The van der Waals surface area contributed by atoms with Gasteiger partial charge in [-0.3, -0.25) is 0 Å². The van der Waals surface area contributed by atoms with Crippen LogP contribution in [0.25, 0.3) is 0 Å². The van der Waals surface area contributed by atoms with Crippen molar-refractivity contribution in [3.63, 3.8) is 0 Å². The van der Waals surface area contributed by atoms with E-state index in [9.17, 15) is 0 Å². The molecule has 1 saturated carbocycles. The van der Waals surface area contributed by atoms with Gasteiger partial charge in [0.25, 0.3) is 0 Å². The molecular formula is C28H56. The van der Waals surface area contributed by atoms with Crippen molar-refractivity contribution >= 4 is 0 Å². The van der Waals surface area contributed by atoms with E-state index in [0.29, 0.717) is 0 Å². The van der Waals surface area contributed by atoms with Gasteiger partial charge in [-0.1, -0.05) is 130 Å². The lowest BCUT2D eigenvalue weighted by Gasteiger charge is -2.58. The minimum absolute atomic E-state index is 0.747. The summed E-state index contributed by atoms with van der Waals surface area (Å²) in [5, 5.41) is 0. The molecule has 0 aliphatic heterocycles. The zero-order chi connectivity index (χ0) is 20.6. The van der Waals surface area contributed by atoms with Crippen LogP contribution in [0.4, 0.5) is 0 Å². The molecule has 0 spiro atoms. The number of unbranched alkanes of at least 4 members (excludes halogenated alkanes) is 12. The average Bonchev–Trinajstić information content (AvgIpc) is 2.67. The second-order valence-electron chi connectivity index (χ2n) is 10.6. The molecular weight excluding hydrogens is 336 g/mol. The van der Waals surface area contributed by atoms with Crippen LogP contribution in [0, 0.1) is 10.8 Å². The summed E-state index contributed by atoms with van der Waals surface area (Å²) in [6.07, 6.45) is 32.6. The van der Waals surface area contributed by atoms with E-state index in [1.165, 1.54) is 103 Å². The molecule has 0 unspecified atom stereocenters. The van der Waals surface area contributed by atoms with Crippen molar-refractivity contribution < 1.29 is 0 Å². The molecule has 0 bridgehead atoms. The molecule has 1 aliphatic carbocycles. The molecule has 0 aromatic rings. The second kappa shape index (κ2) is 15.8. The van der Waals surface area contributed by atoms with Crippen LogP contribution in [0.1, 0.15) is 169 Å². The Balaban J connectivity index is 2.58. The van der Waals surface area contributed by atoms with Crippen LogP contribution in [0.3, 0.4) is 0 Å². The summed E-state index contributed by atoms with van der Waals surface area (Å²) >= 11 is 0. The van der Waals surface area contributed by atoms with Gasteiger partial charge in [0.05, 0.1) is 0 Å². The van der Waals surface area contributed by atoms with Gasteiger partial charge in [0.15, 0.2) is 0 Å². The van der Waals surface area contributed by atoms with Crippen LogP contribution in [0.2, 0.25) is 0 Å². The minimum atomic E-state index is 0.747. The van der Waals surface area contributed by atoms with E-state index in [-0.39, 0.29) is 0 Å². The summed E-state index contributed by atoms with van der Waals surface area (Å²) in [6, 6.07) is 0. The Kier molecular flexibility index (Phi) is 14.7. The second-order valence-corrected chi connectivity index (χ2v) is 10.6. The van der Waals surface area contributed by atoms with E-state index in [4.69, 9.17) is 0 Å². The van der Waals surface area contributed by atoms with Gasteiger partial charge < -0.3 is 0 Å². The SMILES string of the molecule is CCCCCCC1(CCCCCC)CC(CCCCCC)(CCCCCC)C1. The van der Waals surface area contributed by atoms with Gasteiger partial charge in [0, 0.05) is 0 Å². The van der Waals surface area contributed by atoms with Crippen molar-refractivity contribution in [1.29, 1.82) is 0 Å². The summed E-state index contributed by atoms with van der Waals surface area (Å²) in [7, 11) is 0. The topological polar surface area (TPSA) is 0 Å². The predicted molar refractivity (Wildman–Crippen MR) is 129 cm³/mol. The van der Waals surface area contributed by atoms with Crippen LogP contribution >= 0.6 is 0 Å². The van der Waals surface area contributed by atoms with Gasteiger partial charge in [0.2, 0.25) is 0 Å². The van der Waals surface area contributed by atoms with E-state index in [0.717, 1.165) is 10.8 Å². The first-order chi connectivity index (χ1) is 13.7. The van der Waals surface area contributed by atoms with Crippen LogP contribution in [0.5, 0.6) is 0 Å². The van der Waals surface area contributed by atoms with Gasteiger partial charge in [-0.05, 0) is 49.4 Å². The Morgan fingerprint density at radius 2 is 0.607 bits per heavy atom. The highest BCUT2D eigenvalue weighted by molar-refractivity contribution is 5.02. The maximum atomic E-state index is 2.35. The molecule has 0 aromatic heterocycles. The summed E-state index contributed by atoms with van der Waals surface area (Å²) in [6.45, 7) is 9.39. The number of rotatable bonds is 20. The molecule has 0 heterocycles. The van der Waals surface area contributed by atoms with Crippen molar-refractivity contribution in [2.45, 2.75) is 169 Å². The quantitative estimate of drug-likeness (QED) is 0.181. The fourth-order valence-corrected chi connectivity index (χ4v) is 6.20. The third-order valence-corrected chi connectivity index (χ3v) is 7.74. The largest absolute Gasteiger partial charge is 0.0654 e. The molecule has 0 amide bonds. The molecule has 0 radical (unpaired) electrons. The molecule has 168 valence electrons. The van der Waals surface area contributed by atoms with E-state index < -0.39 is 0 Å². The van der Waals surface area contributed by atoms with Gasteiger partial charge in [-0.2, -0.15) is 0 Å².